The summed E-state index contributed by atoms with van der Waals surface area (Å²) in [5.41, 5.74) is 0. The fraction of sp³-hybridized carbons (Fsp3) is 0.273. The van der Waals surface area contributed by atoms with Crippen LogP contribution in [0.15, 0.2) is 35.2 Å². The number of nitrogens with zero attached hydrogens (tertiary/aromatic N) is 3. The first-order valence-electron chi connectivity index (χ1n) is 5.11. The van der Waals surface area contributed by atoms with Crippen LogP contribution in [0.3, 0.4) is 0 Å². The van der Waals surface area contributed by atoms with E-state index in [1.165, 1.54) is 0 Å². The molecule has 2 heterocycles. The van der Waals surface area contributed by atoms with Gasteiger partial charge in [0.05, 0.1) is 12.4 Å². The first-order chi connectivity index (χ1) is 7.78. The van der Waals surface area contributed by atoms with Crippen LogP contribution >= 0.6 is 15.9 Å². The third-order valence-corrected chi connectivity index (χ3v) is 2.42. The zero-order valence-corrected chi connectivity index (χ0v) is 10.5. The number of rotatable bonds is 4. The van der Waals surface area contributed by atoms with Gasteiger partial charge in [-0.2, -0.15) is 5.10 Å². The van der Waals surface area contributed by atoms with E-state index in [4.69, 9.17) is 4.74 Å². The van der Waals surface area contributed by atoms with Gasteiger partial charge in [-0.05, 0) is 28.4 Å². The van der Waals surface area contributed by atoms with Crippen LogP contribution in [-0.2, 0) is 6.54 Å². The van der Waals surface area contributed by atoms with Gasteiger partial charge in [0.15, 0.2) is 5.75 Å². The minimum Gasteiger partial charge on any atom is -0.436 e. The van der Waals surface area contributed by atoms with Crippen LogP contribution in [0.1, 0.15) is 13.3 Å². The first-order valence-corrected chi connectivity index (χ1v) is 5.90. The highest BCUT2D eigenvalue weighted by molar-refractivity contribution is 9.10. The molecule has 84 valence electrons. The van der Waals surface area contributed by atoms with Gasteiger partial charge in [-0.1, -0.05) is 13.0 Å². The molecule has 16 heavy (non-hydrogen) atoms. The summed E-state index contributed by atoms with van der Waals surface area (Å²) in [6.45, 7) is 3.01. The van der Waals surface area contributed by atoms with Crippen molar-refractivity contribution in [2.75, 3.05) is 0 Å². The smallest absolute Gasteiger partial charge is 0.220 e. The predicted octanol–water partition coefficient (Wildman–Crippen LogP) is 3.24. The molecular weight excluding hydrogens is 270 g/mol. The highest BCUT2D eigenvalue weighted by Gasteiger charge is 2.02. The molecule has 0 bridgehead atoms. The Hall–Kier alpha value is -1.36. The summed E-state index contributed by atoms with van der Waals surface area (Å²) in [4.78, 5) is 4.18. The van der Waals surface area contributed by atoms with E-state index >= 15 is 0 Å². The number of pyridine rings is 1. The van der Waals surface area contributed by atoms with Crippen molar-refractivity contribution in [3.8, 4) is 11.6 Å². The largest absolute Gasteiger partial charge is 0.436 e. The fourth-order valence-electron chi connectivity index (χ4n) is 1.32. The lowest BCUT2D eigenvalue weighted by molar-refractivity contribution is 0.460. The Labute approximate surface area is 102 Å². The van der Waals surface area contributed by atoms with E-state index in [0.29, 0.717) is 11.6 Å². The van der Waals surface area contributed by atoms with E-state index in [2.05, 4.69) is 32.9 Å². The quantitative estimate of drug-likeness (QED) is 0.808. The minimum absolute atomic E-state index is 0.561. The third-order valence-electron chi connectivity index (χ3n) is 1.97. The van der Waals surface area contributed by atoms with Crippen LogP contribution in [-0.4, -0.2) is 14.8 Å². The van der Waals surface area contributed by atoms with Crippen molar-refractivity contribution in [3.05, 3.63) is 35.2 Å². The summed E-state index contributed by atoms with van der Waals surface area (Å²) in [5, 5.41) is 4.18. The van der Waals surface area contributed by atoms with Crippen LogP contribution < -0.4 is 4.74 Å². The Bertz CT molecular complexity index is 470. The van der Waals surface area contributed by atoms with Gasteiger partial charge in [-0.3, -0.25) is 4.68 Å². The number of hydrogen-bond donors (Lipinski definition) is 0. The van der Waals surface area contributed by atoms with Gasteiger partial charge in [0.2, 0.25) is 5.88 Å². The molecule has 0 saturated carbocycles. The highest BCUT2D eigenvalue weighted by Crippen LogP contribution is 2.20. The molecule has 2 aromatic rings. The Kier molecular flexibility index (Phi) is 3.56. The molecule has 0 unspecified atom stereocenters. The van der Waals surface area contributed by atoms with Crippen LogP contribution in [0.2, 0.25) is 0 Å². The summed E-state index contributed by atoms with van der Waals surface area (Å²) in [5.74, 6) is 1.27. The standard InChI is InChI=1S/C11H12BrN3O/c1-2-6-15-8-9(7-13-15)16-11-5-3-4-10(12)14-11/h3-5,7-8H,2,6H2,1H3. The summed E-state index contributed by atoms with van der Waals surface area (Å²) >= 11 is 3.29. The predicted molar refractivity (Wildman–Crippen MR) is 64.5 cm³/mol. The van der Waals surface area contributed by atoms with E-state index in [0.717, 1.165) is 17.6 Å². The SMILES string of the molecule is CCCn1cc(Oc2cccc(Br)n2)cn1. The average molecular weight is 282 g/mol. The Balaban J connectivity index is 2.08. The molecule has 0 aromatic carbocycles. The number of ether oxygens (including phenoxy) is 1. The van der Waals surface area contributed by atoms with E-state index in [-0.39, 0.29) is 0 Å². The highest BCUT2D eigenvalue weighted by atomic mass is 79.9. The monoisotopic (exact) mass is 281 g/mol. The second-order valence-corrected chi connectivity index (χ2v) is 4.15. The van der Waals surface area contributed by atoms with E-state index in [9.17, 15) is 0 Å². The van der Waals surface area contributed by atoms with Crippen LogP contribution in [0.25, 0.3) is 0 Å². The summed E-state index contributed by atoms with van der Waals surface area (Å²) in [6.07, 6.45) is 4.61. The molecule has 0 N–H and O–H groups in total. The van der Waals surface area contributed by atoms with Crippen molar-refractivity contribution in [2.24, 2.45) is 0 Å². The molecule has 0 atom stereocenters. The topological polar surface area (TPSA) is 39.9 Å². The van der Waals surface area contributed by atoms with E-state index in [1.807, 2.05) is 29.1 Å². The van der Waals surface area contributed by atoms with Gasteiger partial charge < -0.3 is 4.74 Å². The van der Waals surface area contributed by atoms with Gasteiger partial charge in [0.25, 0.3) is 0 Å². The van der Waals surface area contributed by atoms with Gasteiger partial charge in [0, 0.05) is 12.6 Å². The molecule has 4 nitrogen and oxygen atoms in total. The summed E-state index contributed by atoms with van der Waals surface area (Å²) in [7, 11) is 0. The van der Waals surface area contributed by atoms with Crippen molar-refractivity contribution in [1.29, 1.82) is 0 Å². The zero-order chi connectivity index (χ0) is 11.4. The number of halogens is 1. The van der Waals surface area contributed by atoms with Crippen LogP contribution in [0, 0.1) is 0 Å². The molecule has 2 rings (SSSR count). The van der Waals surface area contributed by atoms with Crippen molar-refractivity contribution < 1.29 is 4.74 Å². The zero-order valence-electron chi connectivity index (χ0n) is 8.93. The molecule has 0 spiro atoms. The maximum atomic E-state index is 5.56. The lowest BCUT2D eigenvalue weighted by atomic mass is 10.5. The maximum Gasteiger partial charge on any atom is 0.220 e. The average Bonchev–Trinajstić information content (AvgIpc) is 2.66. The Morgan fingerprint density at radius 2 is 2.31 bits per heavy atom. The minimum atomic E-state index is 0.561. The molecule has 0 saturated heterocycles. The van der Waals surface area contributed by atoms with Gasteiger partial charge >= 0.3 is 0 Å². The molecule has 0 radical (unpaired) electrons. The molecule has 0 aliphatic carbocycles. The first kappa shape index (κ1) is 11.1. The fourth-order valence-corrected chi connectivity index (χ4v) is 1.64. The molecule has 0 aliphatic heterocycles. The van der Waals surface area contributed by atoms with Gasteiger partial charge in [-0.15, -0.1) is 0 Å². The molecular formula is C11H12BrN3O. The Morgan fingerprint density at radius 3 is 3.06 bits per heavy atom. The summed E-state index contributed by atoms with van der Waals surface area (Å²) in [6, 6.07) is 5.54. The van der Waals surface area contributed by atoms with Gasteiger partial charge in [0.1, 0.15) is 4.60 Å². The number of aryl methyl sites for hydroxylation is 1. The molecule has 0 fully saturated rings. The third kappa shape index (κ3) is 2.82. The number of hydrogen-bond acceptors (Lipinski definition) is 3. The van der Waals surface area contributed by atoms with Crippen LogP contribution in [0.5, 0.6) is 11.6 Å². The maximum absolute atomic E-state index is 5.56. The molecule has 2 aromatic heterocycles. The van der Waals surface area contributed by atoms with Crippen LogP contribution in [0.4, 0.5) is 0 Å². The van der Waals surface area contributed by atoms with E-state index in [1.54, 1.807) is 6.20 Å². The van der Waals surface area contributed by atoms with Crippen molar-refractivity contribution in [3.63, 3.8) is 0 Å². The molecule has 5 heteroatoms. The second kappa shape index (κ2) is 5.12. The summed E-state index contributed by atoms with van der Waals surface area (Å²) < 4.78 is 8.17. The van der Waals surface area contributed by atoms with Crippen molar-refractivity contribution in [2.45, 2.75) is 19.9 Å². The van der Waals surface area contributed by atoms with Crippen molar-refractivity contribution in [1.82, 2.24) is 14.8 Å². The molecule has 0 amide bonds. The normalized spacial score (nSPS) is 10.4. The lowest BCUT2D eigenvalue weighted by Crippen LogP contribution is -1.95. The van der Waals surface area contributed by atoms with E-state index < -0.39 is 0 Å². The second-order valence-electron chi connectivity index (χ2n) is 3.34. The lowest BCUT2D eigenvalue weighted by Gasteiger charge is -2.01. The van der Waals surface area contributed by atoms with Crippen molar-refractivity contribution >= 4 is 15.9 Å². The van der Waals surface area contributed by atoms with Gasteiger partial charge in [-0.25, -0.2) is 4.98 Å². The number of aromatic nitrogens is 3. The Morgan fingerprint density at radius 1 is 1.44 bits per heavy atom. The molecule has 0 aliphatic rings.